The average Bonchev–Trinajstić information content (AvgIpc) is 2.60. The molecular weight excluding hydrogens is 296 g/mol. The van der Waals surface area contributed by atoms with Crippen molar-refractivity contribution in [1.29, 1.82) is 0 Å². The second-order valence-corrected chi connectivity index (χ2v) is 4.78. The lowest BCUT2D eigenvalue weighted by Crippen LogP contribution is -2.14. The van der Waals surface area contributed by atoms with Crippen LogP contribution in [0.15, 0.2) is 42.7 Å². The van der Waals surface area contributed by atoms with E-state index >= 15 is 0 Å². The number of hydrogen-bond donors (Lipinski definition) is 1. The van der Waals surface area contributed by atoms with E-state index in [1.165, 1.54) is 14.2 Å². The molecular formula is C17H18N2O4. The lowest BCUT2D eigenvalue weighted by Gasteiger charge is -2.09. The summed E-state index contributed by atoms with van der Waals surface area (Å²) in [4.78, 5) is 28.1. The molecule has 0 radical (unpaired) electrons. The van der Waals surface area contributed by atoms with Gasteiger partial charge in [0.25, 0.3) is 0 Å². The number of nitrogens with one attached hydrogen (secondary N) is 1. The van der Waals surface area contributed by atoms with Gasteiger partial charge in [0.2, 0.25) is 5.91 Å². The number of ether oxygens (including phenoxy) is 2. The number of ketones is 1. The molecule has 23 heavy (non-hydrogen) atoms. The first-order valence-corrected chi connectivity index (χ1v) is 7.09. The first kappa shape index (κ1) is 16.5. The number of carbonyl (C=O) groups is 2. The Balaban J connectivity index is 1.98. The number of nitrogens with zero attached hydrogens (tertiary/aromatic N) is 1. The summed E-state index contributed by atoms with van der Waals surface area (Å²) in [7, 11) is 3.02. The number of hydrogen-bond acceptors (Lipinski definition) is 5. The zero-order chi connectivity index (χ0) is 16.7. The molecule has 1 aromatic heterocycles. The van der Waals surface area contributed by atoms with Crippen molar-refractivity contribution in [3.63, 3.8) is 0 Å². The third-order valence-electron chi connectivity index (χ3n) is 3.23. The van der Waals surface area contributed by atoms with Gasteiger partial charge in [-0.3, -0.25) is 14.6 Å². The van der Waals surface area contributed by atoms with E-state index in [2.05, 4.69) is 10.3 Å². The highest BCUT2D eigenvalue weighted by Crippen LogP contribution is 2.25. The molecule has 0 atom stereocenters. The summed E-state index contributed by atoms with van der Waals surface area (Å²) in [6.07, 6.45) is 3.32. The molecule has 6 nitrogen and oxygen atoms in total. The normalized spacial score (nSPS) is 10.0. The molecule has 0 spiro atoms. The molecule has 1 aromatic carbocycles. The summed E-state index contributed by atoms with van der Waals surface area (Å²) in [5.41, 5.74) is 1.00. The quantitative estimate of drug-likeness (QED) is 0.795. The van der Waals surface area contributed by atoms with Crippen LogP contribution in [0.2, 0.25) is 0 Å². The second kappa shape index (κ2) is 7.93. The van der Waals surface area contributed by atoms with Crippen LogP contribution in [0.1, 0.15) is 23.2 Å². The van der Waals surface area contributed by atoms with Crippen LogP contribution in [-0.2, 0) is 4.79 Å². The predicted molar refractivity (Wildman–Crippen MR) is 86.0 cm³/mol. The van der Waals surface area contributed by atoms with Crippen LogP contribution in [0.3, 0.4) is 0 Å². The lowest BCUT2D eigenvalue weighted by atomic mass is 10.0. The van der Waals surface area contributed by atoms with Gasteiger partial charge in [-0.05, 0) is 30.3 Å². The minimum atomic E-state index is -0.242. The fourth-order valence-electron chi connectivity index (χ4n) is 2.05. The number of methoxy groups -OCH3 is 2. The molecule has 1 amide bonds. The number of carbonyl (C=O) groups excluding carboxylic acids is 2. The number of Topliss-reactive ketones (excluding diaryl/α,β-unsaturated/α-hetero) is 1. The zero-order valence-electron chi connectivity index (χ0n) is 13.0. The number of benzene rings is 1. The number of rotatable bonds is 7. The maximum absolute atomic E-state index is 12.3. The molecule has 120 valence electrons. The second-order valence-electron chi connectivity index (χ2n) is 4.78. The van der Waals surface area contributed by atoms with E-state index in [4.69, 9.17) is 9.47 Å². The van der Waals surface area contributed by atoms with Gasteiger partial charge in [-0.25, -0.2) is 0 Å². The number of pyridine rings is 1. The van der Waals surface area contributed by atoms with Crippen LogP contribution in [-0.4, -0.2) is 30.9 Å². The summed E-state index contributed by atoms with van der Waals surface area (Å²) in [5, 5.41) is 2.69. The van der Waals surface area contributed by atoms with E-state index in [1.807, 2.05) is 0 Å². The van der Waals surface area contributed by atoms with E-state index in [1.54, 1.807) is 42.7 Å². The van der Waals surface area contributed by atoms with Crippen molar-refractivity contribution >= 4 is 17.4 Å². The van der Waals surface area contributed by atoms with Gasteiger partial charge in [-0.15, -0.1) is 0 Å². The molecule has 0 bridgehead atoms. The highest BCUT2D eigenvalue weighted by Gasteiger charge is 2.15. The van der Waals surface area contributed by atoms with Gasteiger partial charge in [0, 0.05) is 19.0 Å². The summed E-state index contributed by atoms with van der Waals surface area (Å²) >= 11 is 0. The number of amides is 1. The van der Waals surface area contributed by atoms with Gasteiger partial charge in [0.05, 0.1) is 31.7 Å². The Bertz CT molecular complexity index is 686. The summed E-state index contributed by atoms with van der Waals surface area (Å²) in [6, 6.07) is 8.45. The van der Waals surface area contributed by atoms with Crippen LogP contribution in [0.25, 0.3) is 0 Å². The van der Waals surface area contributed by atoms with Crippen LogP contribution in [0.4, 0.5) is 5.69 Å². The maximum atomic E-state index is 12.3. The third-order valence-corrected chi connectivity index (χ3v) is 3.23. The van der Waals surface area contributed by atoms with Gasteiger partial charge >= 0.3 is 0 Å². The van der Waals surface area contributed by atoms with E-state index in [9.17, 15) is 9.59 Å². The molecule has 1 heterocycles. The minimum absolute atomic E-state index is 0.0775. The van der Waals surface area contributed by atoms with Gasteiger partial charge in [-0.1, -0.05) is 0 Å². The molecule has 0 unspecified atom stereocenters. The van der Waals surface area contributed by atoms with Crippen LogP contribution in [0, 0.1) is 0 Å². The van der Waals surface area contributed by atoms with E-state index in [0.717, 1.165) is 0 Å². The van der Waals surface area contributed by atoms with Crippen LogP contribution in [0.5, 0.6) is 11.5 Å². The van der Waals surface area contributed by atoms with Gasteiger partial charge in [0.1, 0.15) is 11.5 Å². The van der Waals surface area contributed by atoms with Crippen molar-refractivity contribution in [2.45, 2.75) is 12.8 Å². The first-order valence-electron chi connectivity index (χ1n) is 7.09. The average molecular weight is 314 g/mol. The molecule has 0 aliphatic rings. The monoisotopic (exact) mass is 314 g/mol. The van der Waals surface area contributed by atoms with Crippen molar-refractivity contribution in [2.75, 3.05) is 19.5 Å². The van der Waals surface area contributed by atoms with E-state index in [-0.39, 0.29) is 24.5 Å². The van der Waals surface area contributed by atoms with Crippen molar-refractivity contribution in [2.24, 2.45) is 0 Å². The molecule has 0 aliphatic carbocycles. The van der Waals surface area contributed by atoms with Crippen molar-refractivity contribution in [3.8, 4) is 11.5 Å². The maximum Gasteiger partial charge on any atom is 0.224 e. The van der Waals surface area contributed by atoms with E-state index < -0.39 is 0 Å². The number of aromatic nitrogens is 1. The highest BCUT2D eigenvalue weighted by molar-refractivity contribution is 6.02. The first-order chi connectivity index (χ1) is 11.1. The Morgan fingerprint density at radius 3 is 2.61 bits per heavy atom. The minimum Gasteiger partial charge on any atom is -0.497 e. The lowest BCUT2D eigenvalue weighted by molar-refractivity contribution is -0.116. The largest absolute Gasteiger partial charge is 0.497 e. The van der Waals surface area contributed by atoms with Crippen molar-refractivity contribution < 1.29 is 19.1 Å². The molecule has 2 rings (SSSR count). The molecule has 0 saturated heterocycles. The smallest absolute Gasteiger partial charge is 0.224 e. The predicted octanol–water partition coefficient (Wildman–Crippen LogP) is 2.70. The SMILES string of the molecule is COc1ccc(OC)c(C(=O)CCC(=O)Nc2cccnc2)c1. The van der Waals surface area contributed by atoms with Crippen molar-refractivity contribution in [1.82, 2.24) is 4.98 Å². The summed E-state index contributed by atoms with van der Waals surface area (Å²) < 4.78 is 10.3. The van der Waals surface area contributed by atoms with Crippen molar-refractivity contribution in [3.05, 3.63) is 48.3 Å². The fraction of sp³-hybridized carbons (Fsp3) is 0.235. The number of anilines is 1. The van der Waals surface area contributed by atoms with Gasteiger partial charge in [0.15, 0.2) is 5.78 Å². The Hall–Kier alpha value is -2.89. The fourth-order valence-corrected chi connectivity index (χ4v) is 2.05. The Morgan fingerprint density at radius 2 is 1.96 bits per heavy atom. The topological polar surface area (TPSA) is 77.5 Å². The standard InChI is InChI=1S/C17H18N2O4/c1-22-13-5-7-16(23-2)14(10-13)15(20)6-8-17(21)19-12-4-3-9-18-11-12/h3-5,7,9-11H,6,8H2,1-2H3,(H,19,21). The highest BCUT2D eigenvalue weighted by atomic mass is 16.5. The zero-order valence-corrected chi connectivity index (χ0v) is 13.0. The Morgan fingerprint density at radius 1 is 1.13 bits per heavy atom. The van der Waals surface area contributed by atoms with E-state index in [0.29, 0.717) is 22.7 Å². The Labute approximate surface area is 134 Å². The Kier molecular flexibility index (Phi) is 5.68. The summed E-state index contributed by atoms with van der Waals surface area (Å²) in [5.74, 6) is 0.604. The molecule has 2 aromatic rings. The van der Waals surface area contributed by atoms with Gasteiger partial charge in [-0.2, -0.15) is 0 Å². The summed E-state index contributed by atoms with van der Waals surface area (Å²) in [6.45, 7) is 0. The molecule has 6 heteroatoms. The molecule has 0 fully saturated rings. The van der Waals surface area contributed by atoms with Gasteiger partial charge < -0.3 is 14.8 Å². The van der Waals surface area contributed by atoms with Crippen LogP contribution >= 0.6 is 0 Å². The van der Waals surface area contributed by atoms with Crippen LogP contribution < -0.4 is 14.8 Å². The third kappa shape index (κ3) is 4.54. The molecule has 0 aliphatic heterocycles. The molecule has 0 saturated carbocycles. The molecule has 1 N–H and O–H groups in total.